The van der Waals surface area contributed by atoms with Crippen molar-refractivity contribution in [1.29, 1.82) is 0 Å². The van der Waals surface area contributed by atoms with Gasteiger partial charge in [0.25, 0.3) is 5.92 Å². The van der Waals surface area contributed by atoms with Gasteiger partial charge in [-0.1, -0.05) is 6.92 Å². The number of alkyl halides is 2. The van der Waals surface area contributed by atoms with Gasteiger partial charge < -0.3 is 20.5 Å². The topological polar surface area (TPSA) is 79.3 Å². The Hall–Kier alpha value is -1.70. The number of nitrogens with one attached hydrogen (secondary N) is 2. The van der Waals surface area contributed by atoms with Crippen molar-refractivity contribution in [3.05, 3.63) is 6.33 Å². The van der Waals surface area contributed by atoms with Crippen LogP contribution in [0.5, 0.6) is 5.75 Å². The molecule has 0 aromatic carbocycles. The van der Waals surface area contributed by atoms with Gasteiger partial charge in [0.15, 0.2) is 11.6 Å². The largest absolute Gasteiger partial charge is 0.490 e. The van der Waals surface area contributed by atoms with Gasteiger partial charge in [0, 0.05) is 6.54 Å². The lowest BCUT2D eigenvalue weighted by Crippen LogP contribution is -2.31. The maximum Gasteiger partial charge on any atom is 0.287 e. The molecule has 108 valence electrons. The van der Waals surface area contributed by atoms with Gasteiger partial charge >= 0.3 is 0 Å². The van der Waals surface area contributed by atoms with Gasteiger partial charge in [0.1, 0.15) is 12.9 Å². The van der Waals surface area contributed by atoms with Crippen molar-refractivity contribution in [1.82, 2.24) is 9.97 Å². The SMILES string of the molecule is CCCNc1ncnc(NCC(F)(F)CO)c1OC. The summed E-state index contributed by atoms with van der Waals surface area (Å²) in [6.45, 7) is 0.708. The molecule has 0 aliphatic heterocycles. The van der Waals surface area contributed by atoms with Gasteiger partial charge in [0.05, 0.1) is 13.7 Å². The first-order valence-electron chi connectivity index (χ1n) is 5.89. The molecule has 3 N–H and O–H groups in total. The van der Waals surface area contributed by atoms with Crippen LogP contribution in [0.2, 0.25) is 0 Å². The Kier molecular flexibility index (Phi) is 5.68. The van der Waals surface area contributed by atoms with Crippen LogP contribution in [0.25, 0.3) is 0 Å². The zero-order valence-electron chi connectivity index (χ0n) is 10.9. The summed E-state index contributed by atoms with van der Waals surface area (Å²) in [6.07, 6.45) is 2.14. The summed E-state index contributed by atoms with van der Waals surface area (Å²) in [5, 5.41) is 14.0. The van der Waals surface area contributed by atoms with Crippen LogP contribution in [-0.4, -0.2) is 47.8 Å². The molecule has 0 fully saturated rings. The Morgan fingerprint density at radius 1 is 1.32 bits per heavy atom. The molecule has 1 rings (SSSR count). The maximum atomic E-state index is 13.0. The van der Waals surface area contributed by atoms with Gasteiger partial charge in [-0.2, -0.15) is 0 Å². The Balaban J connectivity index is 2.82. The normalized spacial score (nSPS) is 11.2. The molecule has 0 saturated carbocycles. The van der Waals surface area contributed by atoms with Crippen LogP contribution >= 0.6 is 0 Å². The van der Waals surface area contributed by atoms with Crippen molar-refractivity contribution < 1.29 is 18.6 Å². The number of hydrogen-bond acceptors (Lipinski definition) is 6. The number of halogens is 2. The average molecular weight is 276 g/mol. The molecule has 0 bridgehead atoms. The lowest BCUT2D eigenvalue weighted by atomic mass is 10.3. The average Bonchev–Trinajstić information content (AvgIpc) is 2.42. The molecule has 6 nitrogen and oxygen atoms in total. The number of hydrogen-bond donors (Lipinski definition) is 3. The summed E-state index contributed by atoms with van der Waals surface area (Å²) in [5.74, 6) is -2.35. The molecular weight excluding hydrogens is 258 g/mol. The summed E-state index contributed by atoms with van der Waals surface area (Å²) in [7, 11) is 1.41. The summed E-state index contributed by atoms with van der Waals surface area (Å²) >= 11 is 0. The van der Waals surface area contributed by atoms with Gasteiger partial charge in [0.2, 0.25) is 5.75 Å². The van der Waals surface area contributed by atoms with Crippen LogP contribution in [0.15, 0.2) is 6.33 Å². The molecule has 0 aliphatic carbocycles. The molecule has 0 amide bonds. The quantitative estimate of drug-likeness (QED) is 0.665. The van der Waals surface area contributed by atoms with Gasteiger partial charge in [-0.25, -0.2) is 18.7 Å². The molecule has 0 radical (unpaired) electrons. The molecule has 0 atom stereocenters. The molecule has 19 heavy (non-hydrogen) atoms. The summed E-state index contributed by atoms with van der Waals surface area (Å²) in [5.41, 5.74) is 0. The first kappa shape index (κ1) is 15.4. The van der Waals surface area contributed by atoms with Gasteiger partial charge in [-0.3, -0.25) is 0 Å². The number of methoxy groups -OCH3 is 1. The third kappa shape index (κ3) is 4.47. The van der Waals surface area contributed by atoms with Crippen molar-refractivity contribution in [2.24, 2.45) is 0 Å². The minimum Gasteiger partial charge on any atom is -0.490 e. The lowest BCUT2D eigenvalue weighted by molar-refractivity contribution is -0.0373. The zero-order chi connectivity index (χ0) is 14.3. The van der Waals surface area contributed by atoms with Crippen LogP contribution in [0, 0.1) is 0 Å². The van der Waals surface area contributed by atoms with E-state index in [2.05, 4.69) is 20.6 Å². The van der Waals surface area contributed by atoms with Crippen molar-refractivity contribution >= 4 is 11.6 Å². The fourth-order valence-corrected chi connectivity index (χ4v) is 1.33. The van der Waals surface area contributed by atoms with Crippen LogP contribution in [0.1, 0.15) is 13.3 Å². The minimum atomic E-state index is -3.22. The summed E-state index contributed by atoms with van der Waals surface area (Å²) in [6, 6.07) is 0. The van der Waals surface area contributed by atoms with E-state index in [9.17, 15) is 8.78 Å². The predicted octanol–water partition coefficient (Wildman–Crippen LogP) is 1.35. The lowest BCUT2D eigenvalue weighted by Gasteiger charge is -2.17. The number of aliphatic hydroxyl groups excluding tert-OH is 1. The molecule has 1 heterocycles. The van der Waals surface area contributed by atoms with E-state index in [1.54, 1.807) is 0 Å². The van der Waals surface area contributed by atoms with E-state index in [0.29, 0.717) is 12.4 Å². The molecule has 1 aromatic rings. The Labute approximate surface area is 110 Å². The van der Waals surface area contributed by atoms with Gasteiger partial charge in [-0.05, 0) is 6.42 Å². The maximum absolute atomic E-state index is 13.0. The van der Waals surface area contributed by atoms with Crippen molar-refractivity contribution in [2.45, 2.75) is 19.3 Å². The highest BCUT2D eigenvalue weighted by molar-refractivity contribution is 5.63. The van der Waals surface area contributed by atoms with Crippen LogP contribution in [-0.2, 0) is 0 Å². The number of rotatable bonds is 8. The molecule has 0 unspecified atom stereocenters. The Bertz CT molecular complexity index is 404. The van der Waals surface area contributed by atoms with E-state index in [1.807, 2.05) is 6.92 Å². The second-order valence-electron chi connectivity index (χ2n) is 3.90. The van der Waals surface area contributed by atoms with E-state index < -0.39 is 19.1 Å². The first-order valence-corrected chi connectivity index (χ1v) is 5.89. The third-order valence-corrected chi connectivity index (χ3v) is 2.30. The number of aromatic nitrogens is 2. The van der Waals surface area contributed by atoms with E-state index >= 15 is 0 Å². The molecule has 8 heteroatoms. The highest BCUT2D eigenvalue weighted by atomic mass is 19.3. The predicted molar refractivity (Wildman–Crippen MR) is 67.9 cm³/mol. The first-order chi connectivity index (χ1) is 9.04. The second-order valence-corrected chi connectivity index (χ2v) is 3.90. The molecule has 0 saturated heterocycles. The Morgan fingerprint density at radius 3 is 2.47 bits per heavy atom. The molecule has 0 aliphatic rings. The highest BCUT2D eigenvalue weighted by Crippen LogP contribution is 2.29. The van der Waals surface area contributed by atoms with E-state index in [0.717, 1.165) is 6.42 Å². The molecule has 1 aromatic heterocycles. The number of nitrogens with zero attached hydrogens (tertiary/aromatic N) is 2. The molecule has 0 spiro atoms. The van der Waals surface area contributed by atoms with Gasteiger partial charge in [-0.15, -0.1) is 0 Å². The monoisotopic (exact) mass is 276 g/mol. The van der Waals surface area contributed by atoms with Crippen LogP contribution < -0.4 is 15.4 Å². The number of ether oxygens (including phenoxy) is 1. The fourth-order valence-electron chi connectivity index (χ4n) is 1.33. The number of anilines is 2. The number of aliphatic hydroxyl groups is 1. The smallest absolute Gasteiger partial charge is 0.287 e. The highest BCUT2D eigenvalue weighted by Gasteiger charge is 2.28. The third-order valence-electron chi connectivity index (χ3n) is 2.30. The fraction of sp³-hybridized carbons (Fsp3) is 0.636. The second kappa shape index (κ2) is 7.03. The van der Waals surface area contributed by atoms with E-state index in [-0.39, 0.29) is 11.6 Å². The standard InChI is InChI=1S/C11H18F2N4O2/c1-3-4-14-9-8(19-2)10(17-7-16-9)15-5-11(12,13)6-18/h7,18H,3-6H2,1-2H3,(H2,14,15,16,17). The van der Waals surface area contributed by atoms with Crippen molar-refractivity contribution in [3.63, 3.8) is 0 Å². The van der Waals surface area contributed by atoms with E-state index in [1.165, 1.54) is 13.4 Å². The summed E-state index contributed by atoms with van der Waals surface area (Å²) < 4.78 is 31.0. The summed E-state index contributed by atoms with van der Waals surface area (Å²) in [4.78, 5) is 7.84. The van der Waals surface area contributed by atoms with E-state index in [4.69, 9.17) is 9.84 Å². The van der Waals surface area contributed by atoms with Crippen molar-refractivity contribution in [3.8, 4) is 5.75 Å². The Morgan fingerprint density at radius 2 is 1.95 bits per heavy atom. The van der Waals surface area contributed by atoms with Crippen molar-refractivity contribution in [2.75, 3.05) is 37.4 Å². The van der Waals surface area contributed by atoms with Crippen LogP contribution in [0.3, 0.4) is 0 Å². The minimum absolute atomic E-state index is 0.157. The zero-order valence-corrected chi connectivity index (χ0v) is 10.9. The molecular formula is C11H18F2N4O2. The van der Waals surface area contributed by atoms with Crippen LogP contribution in [0.4, 0.5) is 20.4 Å².